The Kier molecular flexibility index (Phi) is 7.64. The topological polar surface area (TPSA) is 131 Å². The molecule has 2 aliphatic heterocycles. The van der Waals surface area contributed by atoms with E-state index in [1.807, 2.05) is 0 Å². The average Bonchev–Trinajstić information content (AvgIpc) is 3.48. The number of hydrazine groups is 1. The Balaban J connectivity index is 1.49. The monoisotopic (exact) mass is 458 g/mol. The first-order valence-corrected chi connectivity index (χ1v) is 11.7. The van der Waals surface area contributed by atoms with E-state index in [1.54, 1.807) is 18.2 Å². The van der Waals surface area contributed by atoms with Gasteiger partial charge in [0, 0.05) is 12.2 Å². The number of nitrogens with zero attached hydrogens (tertiary/aromatic N) is 2. The van der Waals surface area contributed by atoms with E-state index in [1.165, 1.54) is 5.01 Å². The molecule has 10 nitrogen and oxygen atoms in total. The van der Waals surface area contributed by atoms with E-state index in [2.05, 4.69) is 10.7 Å². The average molecular weight is 458 g/mol. The molecule has 4 N–H and O–H groups in total. The predicted molar refractivity (Wildman–Crippen MR) is 120 cm³/mol. The molecule has 1 saturated heterocycles. The summed E-state index contributed by atoms with van der Waals surface area (Å²) in [5.74, 6) is -0.857. The van der Waals surface area contributed by atoms with E-state index in [4.69, 9.17) is 4.65 Å². The van der Waals surface area contributed by atoms with E-state index in [9.17, 15) is 24.6 Å². The Hall–Kier alpha value is -2.47. The molecule has 4 rings (SSSR count). The predicted octanol–water partition coefficient (Wildman–Crippen LogP) is 0.383. The lowest BCUT2D eigenvalue weighted by atomic mass is 9.79. The van der Waals surface area contributed by atoms with Gasteiger partial charge in [-0.25, -0.2) is 10.5 Å². The molecule has 11 heteroatoms. The Labute approximate surface area is 193 Å². The minimum Gasteiger partial charge on any atom is -0.423 e. The van der Waals surface area contributed by atoms with Crippen LogP contribution in [0.5, 0.6) is 0 Å². The third kappa shape index (κ3) is 5.38. The lowest BCUT2D eigenvalue weighted by Gasteiger charge is -2.38. The fourth-order valence-corrected chi connectivity index (χ4v) is 5.16. The van der Waals surface area contributed by atoms with Crippen LogP contribution in [-0.4, -0.2) is 64.8 Å². The van der Waals surface area contributed by atoms with Gasteiger partial charge in [-0.15, -0.1) is 0 Å². The molecule has 2 atom stereocenters. The third-order valence-electron chi connectivity index (χ3n) is 6.88. The van der Waals surface area contributed by atoms with Crippen LogP contribution >= 0.6 is 0 Å². The molecule has 1 aromatic carbocycles. The molecule has 1 aliphatic carbocycles. The summed E-state index contributed by atoms with van der Waals surface area (Å²) in [7, 11) is -1.01. The summed E-state index contributed by atoms with van der Waals surface area (Å²) in [6.07, 6.45) is 6.38. The van der Waals surface area contributed by atoms with Gasteiger partial charge in [-0.2, -0.15) is 0 Å². The molecule has 33 heavy (non-hydrogen) atoms. The fourth-order valence-electron chi connectivity index (χ4n) is 5.16. The van der Waals surface area contributed by atoms with Gasteiger partial charge >= 0.3 is 7.12 Å². The van der Waals surface area contributed by atoms with Crippen LogP contribution in [0.1, 0.15) is 50.5 Å². The minimum atomic E-state index is -1.01. The Morgan fingerprint density at radius 3 is 2.85 bits per heavy atom. The van der Waals surface area contributed by atoms with Gasteiger partial charge in [0.2, 0.25) is 18.2 Å². The normalized spacial score (nSPS) is 21.6. The Morgan fingerprint density at radius 2 is 2.09 bits per heavy atom. The lowest BCUT2D eigenvalue weighted by molar-refractivity contribution is -0.161. The number of nitrogens with one attached hydrogen (secondary N) is 2. The van der Waals surface area contributed by atoms with Crippen LogP contribution < -0.4 is 16.2 Å². The van der Waals surface area contributed by atoms with Gasteiger partial charge in [-0.1, -0.05) is 37.8 Å². The minimum absolute atomic E-state index is 0.104. The number of anilines is 1. The summed E-state index contributed by atoms with van der Waals surface area (Å²) in [6.45, 7) is 0.649. The van der Waals surface area contributed by atoms with Crippen molar-refractivity contribution in [3.05, 3.63) is 23.8 Å². The number of hydrogen-bond donors (Lipinski definition) is 4. The maximum atomic E-state index is 13.5. The van der Waals surface area contributed by atoms with Gasteiger partial charge in [0.25, 0.3) is 0 Å². The number of amides is 3. The number of benzene rings is 1. The highest BCUT2D eigenvalue weighted by molar-refractivity contribution is 6.61. The Bertz CT molecular complexity index is 880. The van der Waals surface area contributed by atoms with Crippen molar-refractivity contribution in [1.82, 2.24) is 15.5 Å². The Morgan fingerprint density at radius 1 is 1.30 bits per heavy atom. The number of fused-ring (bicyclic) bond motifs is 1. The van der Waals surface area contributed by atoms with E-state index in [-0.39, 0.29) is 25.0 Å². The summed E-state index contributed by atoms with van der Waals surface area (Å²) < 4.78 is 5.26. The van der Waals surface area contributed by atoms with E-state index in [0.29, 0.717) is 47.9 Å². The second-order valence-corrected chi connectivity index (χ2v) is 9.11. The smallest absolute Gasteiger partial charge is 0.423 e. The van der Waals surface area contributed by atoms with E-state index >= 15 is 0 Å². The molecule has 0 spiro atoms. The summed E-state index contributed by atoms with van der Waals surface area (Å²) >= 11 is 0. The molecule has 0 aromatic heterocycles. The highest BCUT2D eigenvalue weighted by atomic mass is 16.5. The van der Waals surface area contributed by atoms with E-state index < -0.39 is 19.1 Å². The molecular weight excluding hydrogens is 427 g/mol. The van der Waals surface area contributed by atoms with Crippen molar-refractivity contribution < 1.29 is 29.3 Å². The molecule has 1 aromatic rings. The van der Waals surface area contributed by atoms with Crippen molar-refractivity contribution in [1.29, 1.82) is 0 Å². The molecule has 0 unspecified atom stereocenters. The maximum absolute atomic E-state index is 13.5. The standard InChI is InChI=1S/C22H31BN4O6/c28-14-26(32)12-16(11-15-5-1-2-6-15)22(30)27-20(9-4-10-24-27)21(29)25-19-8-3-7-18-17(19)13-33-23(18)31/h3,7-8,14-16,20,24,31-32H,1-2,4-6,9-13H2,(H,25,29)/t16-,20+/m1/s1. The number of rotatable bonds is 8. The first-order valence-electron chi connectivity index (χ1n) is 11.7. The molecule has 3 aliphatic rings. The van der Waals surface area contributed by atoms with Crippen molar-refractivity contribution in [3.8, 4) is 0 Å². The summed E-state index contributed by atoms with van der Waals surface area (Å²) in [4.78, 5) is 37.8. The quantitative estimate of drug-likeness (QED) is 0.192. The first kappa shape index (κ1) is 23.7. The highest BCUT2D eigenvalue weighted by Gasteiger charge is 2.38. The molecule has 3 amide bonds. The van der Waals surface area contributed by atoms with Crippen molar-refractivity contribution in [2.45, 2.75) is 57.6 Å². The van der Waals surface area contributed by atoms with E-state index in [0.717, 1.165) is 37.7 Å². The van der Waals surface area contributed by atoms with Gasteiger partial charge in [-0.3, -0.25) is 24.6 Å². The zero-order valence-electron chi connectivity index (χ0n) is 18.6. The zero-order valence-corrected chi connectivity index (χ0v) is 18.6. The SMILES string of the molecule is O=CN(O)C[C@@H](CC1CCCC1)C(=O)N1NCCC[C@H]1C(=O)Nc1cccc2c1COB2O. The molecule has 2 heterocycles. The van der Waals surface area contributed by atoms with Gasteiger partial charge in [-0.05, 0) is 42.3 Å². The van der Waals surface area contributed by atoms with Gasteiger partial charge in [0.05, 0.1) is 19.1 Å². The van der Waals surface area contributed by atoms with Crippen LogP contribution in [0.3, 0.4) is 0 Å². The molecule has 2 fully saturated rings. The van der Waals surface area contributed by atoms with Crippen molar-refractivity contribution in [3.63, 3.8) is 0 Å². The summed E-state index contributed by atoms with van der Waals surface area (Å²) in [5.41, 5.74) is 4.96. The fraction of sp³-hybridized carbons (Fsp3) is 0.591. The lowest BCUT2D eigenvalue weighted by Crippen LogP contribution is -2.59. The summed E-state index contributed by atoms with van der Waals surface area (Å²) in [6, 6.07) is 4.50. The molecular formula is C22H31BN4O6. The third-order valence-corrected chi connectivity index (χ3v) is 6.88. The molecule has 178 valence electrons. The van der Waals surface area contributed by atoms with Crippen molar-refractivity contribution >= 4 is 36.5 Å². The van der Waals surface area contributed by atoms with Gasteiger partial charge < -0.3 is 15.0 Å². The zero-order chi connectivity index (χ0) is 23.4. The summed E-state index contributed by atoms with van der Waals surface area (Å²) in [5, 5.41) is 24.5. The number of hydrogen-bond acceptors (Lipinski definition) is 7. The van der Waals surface area contributed by atoms with Crippen LogP contribution in [0.15, 0.2) is 18.2 Å². The first-order chi connectivity index (χ1) is 16.0. The maximum Gasteiger partial charge on any atom is 0.491 e. The molecule has 0 radical (unpaired) electrons. The van der Waals surface area contributed by atoms with Crippen LogP contribution in [0, 0.1) is 11.8 Å². The van der Waals surface area contributed by atoms with Crippen LogP contribution in [0.4, 0.5) is 5.69 Å². The second kappa shape index (κ2) is 10.6. The van der Waals surface area contributed by atoms with Crippen LogP contribution in [0.2, 0.25) is 0 Å². The van der Waals surface area contributed by atoms with Crippen LogP contribution in [0.25, 0.3) is 0 Å². The van der Waals surface area contributed by atoms with Crippen molar-refractivity contribution in [2.24, 2.45) is 11.8 Å². The number of hydroxylamine groups is 2. The largest absolute Gasteiger partial charge is 0.491 e. The molecule has 1 saturated carbocycles. The van der Waals surface area contributed by atoms with Gasteiger partial charge in [0.15, 0.2) is 0 Å². The van der Waals surface area contributed by atoms with Crippen LogP contribution in [-0.2, 0) is 25.6 Å². The van der Waals surface area contributed by atoms with Crippen molar-refractivity contribution in [2.75, 3.05) is 18.4 Å². The molecule has 0 bridgehead atoms. The number of carbonyl (C=O) groups excluding carboxylic acids is 3. The number of carbonyl (C=O) groups is 3. The second-order valence-electron chi connectivity index (χ2n) is 9.11. The van der Waals surface area contributed by atoms with Gasteiger partial charge in [0.1, 0.15) is 6.04 Å². The highest BCUT2D eigenvalue weighted by Crippen LogP contribution is 2.32.